The van der Waals surface area contributed by atoms with Crippen molar-refractivity contribution in [2.45, 2.75) is 44.7 Å². The van der Waals surface area contributed by atoms with Gasteiger partial charge in [0.05, 0.1) is 6.61 Å². The van der Waals surface area contributed by atoms with Crippen molar-refractivity contribution in [1.82, 2.24) is 0 Å². The molecule has 1 heterocycles. The van der Waals surface area contributed by atoms with Gasteiger partial charge in [-0.25, -0.2) is 4.79 Å². The molecule has 1 fully saturated rings. The summed E-state index contributed by atoms with van der Waals surface area (Å²) in [4.78, 5) is 14.7. The van der Waals surface area contributed by atoms with Gasteiger partial charge in [0.15, 0.2) is 0 Å². The molecule has 0 aromatic heterocycles. The smallest absolute Gasteiger partial charge is 0.328 e. The van der Waals surface area contributed by atoms with Crippen molar-refractivity contribution in [3.63, 3.8) is 0 Å². The van der Waals surface area contributed by atoms with Crippen molar-refractivity contribution >= 4 is 11.7 Å². The molecule has 0 radical (unpaired) electrons. The second-order valence-electron chi connectivity index (χ2n) is 6.34. The number of carbonyl (C=O) groups excluding carboxylic acids is 1. The van der Waals surface area contributed by atoms with Gasteiger partial charge >= 0.3 is 5.97 Å². The SMILES string of the molecule is CCOC(=O)C(N)(CN1c2ccccc2CC1C)C1CC1. The molecule has 1 saturated carbocycles. The fraction of sp³-hybridized carbons (Fsp3) is 0.588. The first-order valence-corrected chi connectivity index (χ1v) is 7.87. The summed E-state index contributed by atoms with van der Waals surface area (Å²) >= 11 is 0. The number of hydrogen-bond acceptors (Lipinski definition) is 4. The minimum Gasteiger partial charge on any atom is -0.465 e. The van der Waals surface area contributed by atoms with E-state index in [0.717, 1.165) is 19.3 Å². The van der Waals surface area contributed by atoms with Gasteiger partial charge in [0, 0.05) is 18.3 Å². The van der Waals surface area contributed by atoms with E-state index in [2.05, 4.69) is 30.0 Å². The standard InChI is InChI=1S/C17H24N2O2/c1-3-21-16(20)17(18,14-8-9-14)11-19-12(2)10-13-6-4-5-7-15(13)19/h4-7,12,14H,3,8-11,18H2,1-2H3. The molecule has 2 aliphatic rings. The summed E-state index contributed by atoms with van der Waals surface area (Å²) in [7, 11) is 0. The van der Waals surface area contributed by atoms with E-state index in [9.17, 15) is 4.79 Å². The number of ether oxygens (including phenoxy) is 1. The van der Waals surface area contributed by atoms with Crippen LogP contribution < -0.4 is 10.6 Å². The van der Waals surface area contributed by atoms with E-state index in [-0.39, 0.29) is 11.9 Å². The maximum atomic E-state index is 12.4. The number of fused-ring (bicyclic) bond motifs is 1. The van der Waals surface area contributed by atoms with Crippen molar-refractivity contribution < 1.29 is 9.53 Å². The Morgan fingerprint density at radius 3 is 2.81 bits per heavy atom. The van der Waals surface area contributed by atoms with Gasteiger partial charge in [-0.3, -0.25) is 0 Å². The molecule has 21 heavy (non-hydrogen) atoms. The molecule has 4 heteroatoms. The monoisotopic (exact) mass is 288 g/mol. The summed E-state index contributed by atoms with van der Waals surface area (Å²) in [6.07, 6.45) is 3.07. The molecule has 3 rings (SSSR count). The molecule has 1 aromatic carbocycles. The molecule has 0 spiro atoms. The molecule has 0 bridgehead atoms. The lowest BCUT2D eigenvalue weighted by Gasteiger charge is -2.35. The first kappa shape index (κ1) is 14.4. The number of nitrogens with two attached hydrogens (primary N) is 1. The van der Waals surface area contributed by atoms with Crippen LogP contribution in [0.25, 0.3) is 0 Å². The van der Waals surface area contributed by atoms with E-state index in [1.807, 2.05) is 13.0 Å². The van der Waals surface area contributed by atoms with Gasteiger partial charge in [-0.05, 0) is 50.7 Å². The van der Waals surface area contributed by atoms with Crippen LogP contribution in [0.3, 0.4) is 0 Å². The van der Waals surface area contributed by atoms with Crippen molar-refractivity contribution in [3.8, 4) is 0 Å². The zero-order chi connectivity index (χ0) is 15.0. The lowest BCUT2D eigenvalue weighted by molar-refractivity contribution is -0.150. The first-order valence-electron chi connectivity index (χ1n) is 7.87. The minimum absolute atomic E-state index is 0.246. The van der Waals surface area contributed by atoms with Crippen LogP contribution in [0.15, 0.2) is 24.3 Å². The highest BCUT2D eigenvalue weighted by molar-refractivity contribution is 5.83. The highest BCUT2D eigenvalue weighted by Gasteiger charge is 2.51. The third-order valence-electron chi connectivity index (χ3n) is 4.74. The predicted molar refractivity (Wildman–Crippen MR) is 83.2 cm³/mol. The second-order valence-corrected chi connectivity index (χ2v) is 6.34. The number of esters is 1. The third kappa shape index (κ3) is 2.53. The second kappa shape index (κ2) is 5.34. The summed E-state index contributed by atoms with van der Waals surface area (Å²) in [6, 6.07) is 8.77. The number of hydrogen-bond donors (Lipinski definition) is 1. The molecule has 1 aliphatic carbocycles. The summed E-state index contributed by atoms with van der Waals surface area (Å²) in [5.41, 5.74) is 8.20. The van der Waals surface area contributed by atoms with Crippen LogP contribution in [0.1, 0.15) is 32.3 Å². The quantitative estimate of drug-likeness (QED) is 0.843. The maximum Gasteiger partial charge on any atom is 0.328 e. The minimum atomic E-state index is -0.873. The Kier molecular flexibility index (Phi) is 3.66. The number of benzene rings is 1. The third-order valence-corrected chi connectivity index (χ3v) is 4.74. The van der Waals surface area contributed by atoms with Crippen LogP contribution in [0.4, 0.5) is 5.69 Å². The molecule has 2 N–H and O–H groups in total. The Hall–Kier alpha value is -1.55. The van der Waals surface area contributed by atoms with Gasteiger partial charge in [0.2, 0.25) is 0 Å². The maximum absolute atomic E-state index is 12.4. The Morgan fingerprint density at radius 1 is 1.43 bits per heavy atom. The average Bonchev–Trinajstić information content (AvgIpc) is 3.26. The predicted octanol–water partition coefficient (Wildman–Crippen LogP) is 2.11. The Balaban J connectivity index is 1.85. The molecule has 1 aromatic rings. The van der Waals surface area contributed by atoms with Crippen LogP contribution in [0.5, 0.6) is 0 Å². The first-order chi connectivity index (χ1) is 10.1. The molecular weight excluding hydrogens is 264 g/mol. The van der Waals surface area contributed by atoms with Crippen LogP contribution in [0, 0.1) is 5.92 Å². The molecule has 0 amide bonds. The fourth-order valence-electron chi connectivity index (χ4n) is 3.38. The Morgan fingerprint density at radius 2 is 2.14 bits per heavy atom. The molecule has 1 aliphatic heterocycles. The van der Waals surface area contributed by atoms with Crippen molar-refractivity contribution in [1.29, 1.82) is 0 Å². The highest BCUT2D eigenvalue weighted by atomic mass is 16.5. The number of anilines is 1. The number of rotatable bonds is 5. The van der Waals surface area contributed by atoms with Gasteiger partial charge in [0.25, 0.3) is 0 Å². The summed E-state index contributed by atoms with van der Waals surface area (Å²) in [5.74, 6) is 0.0144. The van der Waals surface area contributed by atoms with E-state index >= 15 is 0 Å². The zero-order valence-electron chi connectivity index (χ0n) is 12.8. The van der Waals surface area contributed by atoms with E-state index in [4.69, 9.17) is 10.5 Å². The average molecular weight is 288 g/mol. The van der Waals surface area contributed by atoms with Gasteiger partial charge in [-0.1, -0.05) is 18.2 Å². The topological polar surface area (TPSA) is 55.6 Å². The molecule has 114 valence electrons. The van der Waals surface area contributed by atoms with Crippen molar-refractivity contribution in [3.05, 3.63) is 29.8 Å². The van der Waals surface area contributed by atoms with Crippen LogP contribution in [-0.2, 0) is 16.0 Å². The van der Waals surface area contributed by atoms with Crippen LogP contribution in [-0.4, -0.2) is 30.7 Å². The summed E-state index contributed by atoms with van der Waals surface area (Å²) in [6.45, 7) is 4.96. The molecule has 0 saturated heterocycles. The summed E-state index contributed by atoms with van der Waals surface area (Å²) in [5, 5.41) is 0. The van der Waals surface area contributed by atoms with Gasteiger partial charge in [0.1, 0.15) is 5.54 Å². The number of para-hydroxylation sites is 1. The van der Waals surface area contributed by atoms with E-state index in [1.165, 1.54) is 11.3 Å². The van der Waals surface area contributed by atoms with Crippen molar-refractivity contribution in [2.75, 3.05) is 18.1 Å². The Bertz CT molecular complexity index is 541. The molecular formula is C17H24N2O2. The molecule has 4 nitrogen and oxygen atoms in total. The van der Waals surface area contributed by atoms with E-state index in [0.29, 0.717) is 19.2 Å². The zero-order valence-corrected chi connectivity index (χ0v) is 12.8. The number of carbonyl (C=O) groups is 1. The fourth-order valence-corrected chi connectivity index (χ4v) is 3.38. The van der Waals surface area contributed by atoms with Gasteiger partial charge in [-0.2, -0.15) is 0 Å². The van der Waals surface area contributed by atoms with E-state index in [1.54, 1.807) is 0 Å². The normalized spacial score (nSPS) is 23.6. The van der Waals surface area contributed by atoms with E-state index < -0.39 is 5.54 Å². The lowest BCUT2D eigenvalue weighted by Crippen LogP contribution is -2.59. The molecule has 2 atom stereocenters. The number of nitrogens with zero attached hydrogens (tertiary/aromatic N) is 1. The highest BCUT2D eigenvalue weighted by Crippen LogP contribution is 2.42. The largest absolute Gasteiger partial charge is 0.465 e. The summed E-state index contributed by atoms with van der Waals surface area (Å²) < 4.78 is 5.25. The van der Waals surface area contributed by atoms with Crippen molar-refractivity contribution in [2.24, 2.45) is 11.7 Å². The van der Waals surface area contributed by atoms with Crippen LogP contribution >= 0.6 is 0 Å². The van der Waals surface area contributed by atoms with Gasteiger partial charge < -0.3 is 15.4 Å². The molecule has 2 unspecified atom stereocenters. The van der Waals surface area contributed by atoms with Gasteiger partial charge in [-0.15, -0.1) is 0 Å². The Labute approximate surface area is 126 Å². The van der Waals surface area contributed by atoms with Crippen LogP contribution in [0.2, 0.25) is 0 Å². The lowest BCUT2D eigenvalue weighted by atomic mass is 9.93.